The van der Waals surface area contributed by atoms with E-state index in [1.54, 1.807) is 14.1 Å². The van der Waals surface area contributed by atoms with E-state index < -0.39 is 0 Å². The number of amides is 1. The van der Waals surface area contributed by atoms with Gasteiger partial charge in [0.25, 0.3) is 5.91 Å². The predicted molar refractivity (Wildman–Crippen MR) is 109 cm³/mol. The van der Waals surface area contributed by atoms with Crippen molar-refractivity contribution in [1.29, 1.82) is 0 Å². The van der Waals surface area contributed by atoms with Gasteiger partial charge in [-0.15, -0.1) is 0 Å². The highest BCUT2D eigenvalue weighted by atomic mass is 16.5. The quantitative estimate of drug-likeness (QED) is 0.487. The molecule has 1 amide bonds. The van der Waals surface area contributed by atoms with Crippen LogP contribution in [-0.4, -0.2) is 75.8 Å². The fourth-order valence-electron chi connectivity index (χ4n) is 3.14. The average Bonchev–Trinajstić information content (AvgIpc) is 2.70. The maximum absolute atomic E-state index is 11.7. The molecule has 0 radical (unpaired) electrons. The lowest BCUT2D eigenvalue weighted by atomic mass is 10.0. The highest BCUT2D eigenvalue weighted by Gasteiger charge is 2.28. The number of rotatable bonds is 7. The van der Waals surface area contributed by atoms with E-state index in [0.717, 1.165) is 57.3 Å². The Kier molecular flexibility index (Phi) is 8.06. The zero-order chi connectivity index (χ0) is 19.7. The predicted octanol–water partition coefficient (Wildman–Crippen LogP) is 0.865. The molecule has 1 aromatic rings. The largest absolute Gasteiger partial charge is 0.379 e. The van der Waals surface area contributed by atoms with Crippen LogP contribution in [0.1, 0.15) is 29.8 Å². The summed E-state index contributed by atoms with van der Waals surface area (Å²) in [6, 6.07) is 7.70. The number of morpholine rings is 1. The first kappa shape index (κ1) is 21.2. The number of guanidine groups is 1. The highest BCUT2D eigenvalue weighted by Crippen LogP contribution is 2.15. The molecule has 0 saturated carbocycles. The Hall–Kier alpha value is -2.12. The lowest BCUT2D eigenvalue weighted by Crippen LogP contribution is -2.56. The molecule has 27 heavy (non-hydrogen) atoms. The van der Waals surface area contributed by atoms with E-state index in [1.165, 1.54) is 0 Å². The van der Waals surface area contributed by atoms with Crippen molar-refractivity contribution in [1.82, 2.24) is 20.9 Å². The fraction of sp³-hybridized carbons (Fsp3) is 0.600. The molecule has 7 nitrogen and oxygen atoms in total. The van der Waals surface area contributed by atoms with Crippen molar-refractivity contribution >= 4 is 11.9 Å². The lowest BCUT2D eigenvalue weighted by molar-refractivity contribution is -0.00833. The second-order valence-electron chi connectivity index (χ2n) is 7.29. The van der Waals surface area contributed by atoms with Gasteiger partial charge in [0.1, 0.15) is 0 Å². The molecule has 2 rings (SSSR count). The zero-order valence-electron chi connectivity index (χ0n) is 17.0. The van der Waals surface area contributed by atoms with Crippen molar-refractivity contribution in [2.45, 2.75) is 25.8 Å². The standard InChI is InChI=1S/C20H33N5O2/c1-20(2,25-10-12-27-13-11-25)15-24-19(22-4)23-9-8-16-6-5-7-17(14-16)18(26)21-3/h5-7,14H,8-13,15H2,1-4H3,(H,21,26)(H2,22,23,24). The van der Waals surface area contributed by atoms with E-state index in [-0.39, 0.29) is 11.4 Å². The van der Waals surface area contributed by atoms with Crippen LogP contribution < -0.4 is 16.0 Å². The monoisotopic (exact) mass is 375 g/mol. The molecule has 0 atom stereocenters. The maximum Gasteiger partial charge on any atom is 0.251 e. The first-order valence-electron chi connectivity index (χ1n) is 9.54. The van der Waals surface area contributed by atoms with Crippen molar-refractivity contribution < 1.29 is 9.53 Å². The van der Waals surface area contributed by atoms with E-state index in [0.29, 0.717) is 5.56 Å². The number of hydrogen-bond acceptors (Lipinski definition) is 4. The van der Waals surface area contributed by atoms with Crippen molar-refractivity contribution in [3.8, 4) is 0 Å². The summed E-state index contributed by atoms with van der Waals surface area (Å²) < 4.78 is 5.44. The molecule has 0 bridgehead atoms. The molecular weight excluding hydrogens is 342 g/mol. The van der Waals surface area contributed by atoms with E-state index >= 15 is 0 Å². The Bertz CT molecular complexity index is 639. The number of nitrogens with one attached hydrogen (secondary N) is 3. The second kappa shape index (κ2) is 10.3. The molecule has 0 aliphatic carbocycles. The van der Waals surface area contributed by atoms with Gasteiger partial charge in [0.05, 0.1) is 13.2 Å². The smallest absolute Gasteiger partial charge is 0.251 e. The van der Waals surface area contributed by atoms with Gasteiger partial charge in [-0.05, 0) is 38.0 Å². The van der Waals surface area contributed by atoms with Gasteiger partial charge < -0.3 is 20.7 Å². The molecule has 1 saturated heterocycles. The fourth-order valence-corrected chi connectivity index (χ4v) is 3.14. The topological polar surface area (TPSA) is 78.0 Å². The van der Waals surface area contributed by atoms with E-state index in [4.69, 9.17) is 4.74 Å². The number of nitrogens with zero attached hydrogens (tertiary/aromatic N) is 2. The summed E-state index contributed by atoms with van der Waals surface area (Å²) in [6.45, 7) is 9.54. The number of hydrogen-bond donors (Lipinski definition) is 3. The third-order valence-corrected chi connectivity index (χ3v) is 4.90. The summed E-state index contributed by atoms with van der Waals surface area (Å²) in [7, 11) is 3.42. The van der Waals surface area contributed by atoms with Crippen LogP contribution in [0.3, 0.4) is 0 Å². The third kappa shape index (κ3) is 6.52. The number of ether oxygens (including phenoxy) is 1. The van der Waals surface area contributed by atoms with Gasteiger partial charge in [-0.25, -0.2) is 0 Å². The summed E-state index contributed by atoms with van der Waals surface area (Å²) in [4.78, 5) is 18.5. The average molecular weight is 376 g/mol. The Morgan fingerprint density at radius 3 is 2.67 bits per heavy atom. The van der Waals surface area contributed by atoms with Gasteiger partial charge in [0.2, 0.25) is 0 Å². The Morgan fingerprint density at radius 2 is 2.00 bits per heavy atom. The molecule has 3 N–H and O–H groups in total. The SMILES string of the molecule is CN=C(NCCc1cccc(C(=O)NC)c1)NCC(C)(C)N1CCOCC1. The Labute approximate surface area is 162 Å². The highest BCUT2D eigenvalue weighted by molar-refractivity contribution is 5.94. The Morgan fingerprint density at radius 1 is 1.26 bits per heavy atom. The van der Waals surface area contributed by atoms with Gasteiger partial charge in [0.15, 0.2) is 5.96 Å². The van der Waals surface area contributed by atoms with Crippen molar-refractivity contribution in [3.05, 3.63) is 35.4 Å². The summed E-state index contributed by atoms with van der Waals surface area (Å²) in [5.41, 5.74) is 1.83. The van der Waals surface area contributed by atoms with Gasteiger partial charge in [-0.2, -0.15) is 0 Å². The van der Waals surface area contributed by atoms with Crippen LogP contribution in [0.15, 0.2) is 29.3 Å². The minimum absolute atomic E-state index is 0.0310. The summed E-state index contributed by atoms with van der Waals surface area (Å²) >= 11 is 0. The second-order valence-corrected chi connectivity index (χ2v) is 7.29. The first-order valence-corrected chi connectivity index (χ1v) is 9.54. The van der Waals surface area contributed by atoms with Gasteiger partial charge >= 0.3 is 0 Å². The van der Waals surface area contributed by atoms with Crippen LogP contribution in [-0.2, 0) is 11.2 Å². The number of benzene rings is 1. The third-order valence-electron chi connectivity index (χ3n) is 4.90. The number of carbonyl (C=O) groups is 1. The lowest BCUT2D eigenvalue weighted by Gasteiger charge is -2.41. The first-order chi connectivity index (χ1) is 13.0. The van der Waals surface area contributed by atoms with E-state index in [1.807, 2.05) is 24.3 Å². The zero-order valence-corrected chi connectivity index (χ0v) is 17.0. The molecular formula is C20H33N5O2. The van der Waals surface area contributed by atoms with Crippen LogP contribution in [0.25, 0.3) is 0 Å². The van der Waals surface area contributed by atoms with Crippen LogP contribution in [0.5, 0.6) is 0 Å². The molecule has 1 aliphatic rings. The van der Waals surface area contributed by atoms with Gasteiger partial charge in [0, 0.05) is 51.4 Å². The molecule has 150 valence electrons. The van der Waals surface area contributed by atoms with Gasteiger partial charge in [-0.1, -0.05) is 12.1 Å². The summed E-state index contributed by atoms with van der Waals surface area (Å²) in [5.74, 6) is 0.728. The van der Waals surface area contributed by atoms with Crippen molar-refractivity contribution in [2.75, 3.05) is 53.5 Å². The van der Waals surface area contributed by atoms with E-state index in [9.17, 15) is 4.79 Å². The van der Waals surface area contributed by atoms with Crippen LogP contribution >= 0.6 is 0 Å². The molecule has 0 aromatic heterocycles. The molecule has 1 aromatic carbocycles. The molecule has 0 unspecified atom stereocenters. The van der Waals surface area contributed by atoms with Crippen LogP contribution in [0.2, 0.25) is 0 Å². The van der Waals surface area contributed by atoms with E-state index in [2.05, 4.69) is 39.7 Å². The summed E-state index contributed by atoms with van der Waals surface area (Å²) in [5, 5.41) is 9.43. The van der Waals surface area contributed by atoms with Crippen LogP contribution in [0.4, 0.5) is 0 Å². The van der Waals surface area contributed by atoms with Crippen molar-refractivity contribution in [2.24, 2.45) is 4.99 Å². The minimum atomic E-state index is -0.0624. The number of aliphatic imine (C=N–C) groups is 1. The molecule has 7 heteroatoms. The Balaban J connectivity index is 1.79. The summed E-state index contributed by atoms with van der Waals surface area (Å²) in [6.07, 6.45) is 0.818. The van der Waals surface area contributed by atoms with Gasteiger partial charge in [-0.3, -0.25) is 14.7 Å². The molecule has 1 aliphatic heterocycles. The molecule has 1 heterocycles. The van der Waals surface area contributed by atoms with Crippen LogP contribution in [0, 0.1) is 0 Å². The number of carbonyl (C=O) groups excluding carboxylic acids is 1. The molecule has 0 spiro atoms. The normalized spacial score (nSPS) is 16.1. The van der Waals surface area contributed by atoms with Crippen molar-refractivity contribution in [3.63, 3.8) is 0 Å². The minimum Gasteiger partial charge on any atom is -0.379 e. The maximum atomic E-state index is 11.7. The molecule has 1 fully saturated rings.